The van der Waals surface area contributed by atoms with E-state index in [-0.39, 0.29) is 29.5 Å². The number of hydrogen-bond donors (Lipinski definition) is 2. The second kappa shape index (κ2) is 7.16. The second-order valence-corrected chi connectivity index (χ2v) is 9.40. The summed E-state index contributed by atoms with van der Waals surface area (Å²) in [7, 11) is -3.37. The maximum Gasteiger partial charge on any atom is 0.273 e. The zero-order valence-electron chi connectivity index (χ0n) is 14.2. The molecule has 0 unspecified atom stereocenters. The van der Waals surface area contributed by atoms with E-state index in [0.717, 1.165) is 5.01 Å². The third-order valence-electron chi connectivity index (χ3n) is 3.88. The third-order valence-corrected chi connectivity index (χ3v) is 6.44. The zero-order valence-corrected chi connectivity index (χ0v) is 15.8. The first kappa shape index (κ1) is 18.5. The molecule has 2 aromatic rings. The number of nitrogens with zero attached hydrogens (tertiary/aromatic N) is 2. The summed E-state index contributed by atoms with van der Waals surface area (Å²) >= 11 is 1.44. The molecule has 1 aliphatic rings. The summed E-state index contributed by atoms with van der Waals surface area (Å²) in [5.74, 6) is -0.877. The van der Waals surface area contributed by atoms with E-state index in [4.69, 9.17) is 4.52 Å². The Morgan fingerprint density at radius 1 is 1.27 bits per heavy atom. The summed E-state index contributed by atoms with van der Waals surface area (Å²) < 4.78 is 28.8. The molecule has 2 amide bonds. The molecule has 2 atom stereocenters. The van der Waals surface area contributed by atoms with Crippen LogP contribution < -0.4 is 10.6 Å². The van der Waals surface area contributed by atoms with E-state index in [1.807, 2.05) is 6.92 Å². The van der Waals surface area contributed by atoms with E-state index >= 15 is 0 Å². The van der Waals surface area contributed by atoms with Gasteiger partial charge in [0.05, 0.1) is 40.7 Å². The maximum atomic E-state index is 12.2. The van der Waals surface area contributed by atoms with Gasteiger partial charge in [-0.1, -0.05) is 5.16 Å². The first-order chi connectivity index (χ1) is 12.2. The highest BCUT2D eigenvalue weighted by molar-refractivity contribution is 7.91. The second-order valence-electron chi connectivity index (χ2n) is 6.19. The molecule has 11 heteroatoms. The topological polar surface area (TPSA) is 131 Å². The van der Waals surface area contributed by atoms with Gasteiger partial charge in [0.1, 0.15) is 5.76 Å². The highest BCUT2D eigenvalue weighted by atomic mass is 32.2. The quantitative estimate of drug-likeness (QED) is 0.725. The monoisotopic (exact) mass is 398 g/mol. The van der Waals surface area contributed by atoms with Gasteiger partial charge in [-0.05, 0) is 13.8 Å². The number of rotatable bonds is 5. The van der Waals surface area contributed by atoms with Crippen LogP contribution >= 0.6 is 11.3 Å². The molecule has 0 saturated carbocycles. The maximum absolute atomic E-state index is 12.2. The summed E-state index contributed by atoms with van der Waals surface area (Å²) in [6.45, 7) is 3.49. The molecule has 3 heterocycles. The number of amides is 2. The molecule has 1 aliphatic heterocycles. The van der Waals surface area contributed by atoms with Crippen molar-refractivity contribution in [2.24, 2.45) is 0 Å². The Balaban J connectivity index is 1.65. The van der Waals surface area contributed by atoms with Crippen molar-refractivity contribution in [3.63, 3.8) is 0 Å². The predicted molar refractivity (Wildman–Crippen MR) is 93.6 cm³/mol. The van der Waals surface area contributed by atoms with Crippen molar-refractivity contribution in [1.29, 1.82) is 0 Å². The molecule has 9 nitrogen and oxygen atoms in total. The number of aryl methyl sites for hydroxylation is 2. The van der Waals surface area contributed by atoms with Crippen LogP contribution in [-0.2, 0) is 21.1 Å². The van der Waals surface area contributed by atoms with Gasteiger partial charge in [-0.3, -0.25) is 9.59 Å². The number of carbonyl (C=O) groups is 2. The van der Waals surface area contributed by atoms with Crippen LogP contribution in [0.25, 0.3) is 0 Å². The molecule has 1 saturated heterocycles. The molecule has 0 bridgehead atoms. The molecular weight excluding hydrogens is 380 g/mol. The summed E-state index contributed by atoms with van der Waals surface area (Å²) in [5, 5.41) is 11.6. The Morgan fingerprint density at radius 2 is 1.96 bits per heavy atom. The number of hydrogen-bond acceptors (Lipinski definition) is 8. The fraction of sp³-hybridized carbons (Fsp3) is 0.467. The van der Waals surface area contributed by atoms with E-state index < -0.39 is 27.8 Å². The fourth-order valence-electron chi connectivity index (χ4n) is 2.76. The molecule has 1 fully saturated rings. The average Bonchev–Trinajstić information content (AvgIpc) is 3.20. The lowest BCUT2D eigenvalue weighted by Crippen LogP contribution is -2.51. The first-order valence-electron chi connectivity index (χ1n) is 7.87. The van der Waals surface area contributed by atoms with Gasteiger partial charge < -0.3 is 15.2 Å². The highest BCUT2D eigenvalue weighted by Crippen LogP contribution is 2.15. The molecule has 26 heavy (non-hydrogen) atoms. The molecule has 0 aromatic carbocycles. The van der Waals surface area contributed by atoms with E-state index in [1.54, 1.807) is 12.3 Å². The molecule has 3 rings (SSSR count). The molecule has 2 N–H and O–H groups in total. The average molecular weight is 398 g/mol. The van der Waals surface area contributed by atoms with Gasteiger partial charge in [-0.2, -0.15) is 0 Å². The van der Waals surface area contributed by atoms with Crippen LogP contribution in [0.3, 0.4) is 0 Å². The third kappa shape index (κ3) is 4.47. The van der Waals surface area contributed by atoms with Crippen LogP contribution in [0.4, 0.5) is 0 Å². The smallest absolute Gasteiger partial charge is 0.273 e. The van der Waals surface area contributed by atoms with Crippen molar-refractivity contribution in [3.05, 3.63) is 33.6 Å². The number of carbonyl (C=O) groups excluding carboxylic acids is 2. The standard InChI is InChI=1S/C15H18N4O5S2/c1-8-3-11(19-24-8)15(21)18-13-7-26(22,23)6-12(13)17-14(20)4-10-5-25-9(2)16-10/h3,5,12-13H,4,6-7H2,1-2H3,(H,17,20)(H,18,21)/t12-,13-/m1/s1. The number of nitrogens with one attached hydrogen (secondary N) is 2. The van der Waals surface area contributed by atoms with Crippen LogP contribution in [0.1, 0.15) is 27.0 Å². The van der Waals surface area contributed by atoms with Crippen molar-refractivity contribution in [2.45, 2.75) is 32.4 Å². The van der Waals surface area contributed by atoms with E-state index in [2.05, 4.69) is 20.8 Å². The van der Waals surface area contributed by atoms with E-state index in [1.165, 1.54) is 17.4 Å². The van der Waals surface area contributed by atoms with Gasteiger partial charge in [-0.15, -0.1) is 11.3 Å². The van der Waals surface area contributed by atoms with Crippen LogP contribution in [0, 0.1) is 13.8 Å². The summed E-state index contributed by atoms with van der Waals surface area (Å²) in [4.78, 5) is 28.6. The fourth-order valence-corrected chi connectivity index (χ4v) is 5.23. The van der Waals surface area contributed by atoms with Crippen molar-refractivity contribution in [3.8, 4) is 0 Å². The SMILES string of the molecule is Cc1cc(C(=O)N[C@@H]2CS(=O)(=O)C[C@H]2NC(=O)Cc2csc(C)n2)no1. The van der Waals surface area contributed by atoms with Crippen molar-refractivity contribution < 1.29 is 22.5 Å². The Labute approximate surface area is 154 Å². The molecule has 140 valence electrons. The van der Waals surface area contributed by atoms with Gasteiger partial charge in [0.15, 0.2) is 15.5 Å². The lowest BCUT2D eigenvalue weighted by Gasteiger charge is -2.20. The van der Waals surface area contributed by atoms with Crippen LogP contribution in [-0.4, -0.2) is 54.0 Å². The van der Waals surface area contributed by atoms with Gasteiger partial charge in [0.2, 0.25) is 5.91 Å². The van der Waals surface area contributed by atoms with Gasteiger partial charge in [-0.25, -0.2) is 13.4 Å². The summed E-state index contributed by atoms with van der Waals surface area (Å²) in [5.41, 5.74) is 0.694. The van der Waals surface area contributed by atoms with Crippen molar-refractivity contribution in [1.82, 2.24) is 20.8 Å². The predicted octanol–water partition coefficient (Wildman–Crippen LogP) is 0.00224. The number of sulfone groups is 1. The molecule has 0 aliphatic carbocycles. The Kier molecular flexibility index (Phi) is 5.10. The first-order valence-corrected chi connectivity index (χ1v) is 10.6. The number of thiazole rings is 1. The highest BCUT2D eigenvalue weighted by Gasteiger charge is 2.39. The normalized spacial score (nSPS) is 21.5. The van der Waals surface area contributed by atoms with Crippen LogP contribution in [0.15, 0.2) is 16.0 Å². The lowest BCUT2D eigenvalue weighted by molar-refractivity contribution is -0.121. The van der Waals surface area contributed by atoms with E-state index in [0.29, 0.717) is 11.5 Å². The van der Waals surface area contributed by atoms with Gasteiger partial charge >= 0.3 is 0 Å². The Bertz CT molecular complexity index is 933. The Hall–Kier alpha value is -2.27. The van der Waals surface area contributed by atoms with E-state index in [9.17, 15) is 18.0 Å². The van der Waals surface area contributed by atoms with Gasteiger partial charge in [0.25, 0.3) is 5.91 Å². The molecular formula is C15H18N4O5S2. The minimum Gasteiger partial charge on any atom is -0.361 e. The summed E-state index contributed by atoms with van der Waals surface area (Å²) in [6, 6.07) is 0.0199. The lowest BCUT2D eigenvalue weighted by atomic mass is 10.1. The van der Waals surface area contributed by atoms with Crippen LogP contribution in [0.5, 0.6) is 0 Å². The van der Waals surface area contributed by atoms with Crippen LogP contribution in [0.2, 0.25) is 0 Å². The minimum atomic E-state index is -3.37. The Morgan fingerprint density at radius 3 is 2.54 bits per heavy atom. The zero-order chi connectivity index (χ0) is 18.9. The minimum absolute atomic E-state index is 0.0596. The molecule has 0 radical (unpaired) electrons. The van der Waals surface area contributed by atoms with Gasteiger partial charge in [0, 0.05) is 11.4 Å². The molecule has 2 aromatic heterocycles. The van der Waals surface area contributed by atoms with Crippen molar-refractivity contribution in [2.75, 3.05) is 11.5 Å². The summed E-state index contributed by atoms with van der Waals surface area (Å²) in [6.07, 6.45) is 0.0596. The largest absolute Gasteiger partial charge is 0.361 e. The molecule has 0 spiro atoms. The number of aromatic nitrogens is 2. The van der Waals surface area contributed by atoms with Crippen molar-refractivity contribution >= 4 is 33.0 Å².